The molecule has 21 heavy (non-hydrogen) atoms. The Morgan fingerprint density at radius 3 is 2.86 bits per heavy atom. The zero-order chi connectivity index (χ0) is 15.0. The smallest absolute Gasteiger partial charge is 0.407 e. The SMILES string of the molecule is O=C1NCC(CN2C(=O)CCc3cc(C(=O)O)ccc32)O1. The van der Waals surface area contributed by atoms with E-state index in [1.54, 1.807) is 17.0 Å². The van der Waals surface area contributed by atoms with Crippen LogP contribution in [0.2, 0.25) is 0 Å². The maximum absolute atomic E-state index is 12.1. The average Bonchev–Trinajstić information content (AvgIpc) is 2.87. The van der Waals surface area contributed by atoms with Crippen molar-refractivity contribution in [3.63, 3.8) is 0 Å². The molecule has 0 aliphatic carbocycles. The molecule has 2 heterocycles. The molecule has 1 unspecified atom stereocenters. The maximum Gasteiger partial charge on any atom is 0.407 e. The molecule has 2 N–H and O–H groups in total. The van der Waals surface area contributed by atoms with Crippen molar-refractivity contribution in [1.29, 1.82) is 0 Å². The van der Waals surface area contributed by atoms with E-state index in [0.717, 1.165) is 5.56 Å². The molecular formula is C14H14N2O5. The number of hydrogen-bond acceptors (Lipinski definition) is 4. The lowest BCUT2D eigenvalue weighted by molar-refractivity contribution is -0.119. The van der Waals surface area contributed by atoms with E-state index in [2.05, 4.69) is 5.32 Å². The first-order valence-electron chi connectivity index (χ1n) is 6.65. The third kappa shape index (κ3) is 2.54. The van der Waals surface area contributed by atoms with Gasteiger partial charge < -0.3 is 20.1 Å². The van der Waals surface area contributed by atoms with Crippen molar-refractivity contribution in [2.75, 3.05) is 18.0 Å². The van der Waals surface area contributed by atoms with Crippen LogP contribution >= 0.6 is 0 Å². The van der Waals surface area contributed by atoms with E-state index in [4.69, 9.17) is 9.84 Å². The summed E-state index contributed by atoms with van der Waals surface area (Å²) >= 11 is 0. The van der Waals surface area contributed by atoms with Crippen LogP contribution in [-0.4, -0.2) is 42.3 Å². The van der Waals surface area contributed by atoms with Crippen molar-refractivity contribution in [2.24, 2.45) is 0 Å². The van der Waals surface area contributed by atoms with Crippen molar-refractivity contribution < 1.29 is 24.2 Å². The second-order valence-corrected chi connectivity index (χ2v) is 5.06. The number of anilines is 1. The highest BCUT2D eigenvalue weighted by Crippen LogP contribution is 2.29. The summed E-state index contributed by atoms with van der Waals surface area (Å²) < 4.78 is 5.05. The Morgan fingerprint density at radius 2 is 2.19 bits per heavy atom. The zero-order valence-corrected chi connectivity index (χ0v) is 11.2. The van der Waals surface area contributed by atoms with Crippen molar-refractivity contribution in [2.45, 2.75) is 18.9 Å². The van der Waals surface area contributed by atoms with Gasteiger partial charge in [-0.15, -0.1) is 0 Å². The first-order valence-corrected chi connectivity index (χ1v) is 6.65. The highest BCUT2D eigenvalue weighted by atomic mass is 16.6. The molecule has 0 radical (unpaired) electrons. The summed E-state index contributed by atoms with van der Waals surface area (Å²) in [7, 11) is 0. The number of alkyl carbamates (subject to hydrolysis) is 1. The number of hydrogen-bond donors (Lipinski definition) is 2. The van der Waals surface area contributed by atoms with Crippen LogP contribution in [-0.2, 0) is 16.0 Å². The Labute approximate surface area is 120 Å². The number of aromatic carboxylic acids is 1. The molecule has 2 amide bonds. The van der Waals surface area contributed by atoms with Crippen molar-refractivity contribution in [3.05, 3.63) is 29.3 Å². The molecule has 1 atom stereocenters. The molecular weight excluding hydrogens is 276 g/mol. The van der Waals surface area contributed by atoms with Gasteiger partial charge in [-0.2, -0.15) is 0 Å². The van der Waals surface area contributed by atoms with Crippen molar-refractivity contribution in [3.8, 4) is 0 Å². The molecule has 1 aromatic carbocycles. The number of ether oxygens (including phenoxy) is 1. The van der Waals surface area contributed by atoms with Gasteiger partial charge in [0.05, 0.1) is 18.7 Å². The van der Waals surface area contributed by atoms with E-state index in [-0.39, 0.29) is 24.1 Å². The second-order valence-electron chi connectivity index (χ2n) is 5.06. The molecule has 7 heteroatoms. The minimum absolute atomic E-state index is 0.0477. The molecule has 0 bridgehead atoms. The first kappa shape index (κ1) is 13.4. The number of benzene rings is 1. The van der Waals surface area contributed by atoms with E-state index in [0.29, 0.717) is 25.1 Å². The van der Waals surface area contributed by atoms with Gasteiger partial charge in [0.15, 0.2) is 0 Å². The number of amides is 2. The number of rotatable bonds is 3. The molecule has 2 aliphatic heterocycles. The molecule has 1 fully saturated rings. The lowest BCUT2D eigenvalue weighted by Crippen LogP contribution is -2.41. The normalized spacial score (nSPS) is 20.8. The number of aryl methyl sites for hydroxylation is 1. The standard InChI is InChI=1S/C14H14N2O5/c17-12-4-2-8-5-9(13(18)19)1-3-11(8)16(12)7-10-6-15-14(20)21-10/h1,3,5,10H,2,4,6-7H2,(H,15,20)(H,18,19). The van der Waals surface area contributed by atoms with E-state index < -0.39 is 12.1 Å². The van der Waals surface area contributed by atoms with Gasteiger partial charge in [-0.25, -0.2) is 9.59 Å². The van der Waals surface area contributed by atoms with Gasteiger partial charge in [0.1, 0.15) is 6.10 Å². The maximum atomic E-state index is 12.1. The second kappa shape index (κ2) is 5.08. The summed E-state index contributed by atoms with van der Waals surface area (Å²) in [5.74, 6) is -1.04. The molecule has 1 aromatic rings. The predicted octanol–water partition coefficient (Wildman–Crippen LogP) is 0.772. The topological polar surface area (TPSA) is 95.9 Å². The third-order valence-electron chi connectivity index (χ3n) is 3.66. The quantitative estimate of drug-likeness (QED) is 0.857. The summed E-state index contributed by atoms with van der Waals surface area (Å²) in [6, 6.07) is 4.71. The van der Waals surface area contributed by atoms with Gasteiger partial charge >= 0.3 is 12.1 Å². The van der Waals surface area contributed by atoms with Crippen LogP contribution in [0.4, 0.5) is 10.5 Å². The number of carboxylic acids is 1. The van der Waals surface area contributed by atoms with E-state index in [1.165, 1.54) is 6.07 Å². The van der Waals surface area contributed by atoms with Crippen LogP contribution in [0.15, 0.2) is 18.2 Å². The number of carboxylic acid groups (broad SMARTS) is 1. The Bertz CT molecular complexity index is 628. The summed E-state index contributed by atoms with van der Waals surface area (Å²) in [6.07, 6.45) is -0.0176. The number of carbonyl (C=O) groups excluding carboxylic acids is 2. The fourth-order valence-corrected chi connectivity index (χ4v) is 2.63. The molecule has 2 aliphatic rings. The summed E-state index contributed by atoms with van der Waals surface area (Å²) in [4.78, 5) is 35.7. The van der Waals surface area contributed by atoms with Crippen LogP contribution in [0.1, 0.15) is 22.3 Å². The van der Waals surface area contributed by atoms with Gasteiger partial charge in [0.2, 0.25) is 5.91 Å². The Hall–Kier alpha value is -2.57. The number of nitrogens with zero attached hydrogens (tertiary/aromatic N) is 1. The van der Waals surface area contributed by atoms with Crippen LogP contribution in [0, 0.1) is 0 Å². The minimum Gasteiger partial charge on any atom is -0.478 e. The van der Waals surface area contributed by atoms with E-state index in [1.807, 2.05) is 0 Å². The Morgan fingerprint density at radius 1 is 1.38 bits per heavy atom. The van der Waals surface area contributed by atoms with Gasteiger partial charge in [0.25, 0.3) is 0 Å². The van der Waals surface area contributed by atoms with Gasteiger partial charge in [-0.1, -0.05) is 0 Å². The fourth-order valence-electron chi connectivity index (χ4n) is 2.63. The number of fused-ring (bicyclic) bond motifs is 1. The van der Waals surface area contributed by atoms with Crippen LogP contribution in [0.25, 0.3) is 0 Å². The van der Waals surface area contributed by atoms with Crippen LogP contribution in [0.3, 0.4) is 0 Å². The van der Waals surface area contributed by atoms with Crippen LogP contribution < -0.4 is 10.2 Å². The highest BCUT2D eigenvalue weighted by molar-refractivity contribution is 5.98. The number of carbonyl (C=O) groups is 3. The molecule has 0 saturated carbocycles. The molecule has 110 valence electrons. The fraction of sp³-hybridized carbons (Fsp3) is 0.357. The van der Waals surface area contributed by atoms with E-state index in [9.17, 15) is 14.4 Å². The van der Waals surface area contributed by atoms with Crippen molar-refractivity contribution >= 4 is 23.7 Å². The number of nitrogens with one attached hydrogen (secondary N) is 1. The average molecular weight is 290 g/mol. The van der Waals surface area contributed by atoms with Gasteiger partial charge in [0, 0.05) is 12.1 Å². The highest BCUT2D eigenvalue weighted by Gasteiger charge is 2.31. The predicted molar refractivity (Wildman–Crippen MR) is 72.3 cm³/mol. The minimum atomic E-state index is -0.991. The first-order chi connectivity index (χ1) is 10.0. The summed E-state index contributed by atoms with van der Waals surface area (Å²) in [6.45, 7) is 0.641. The lowest BCUT2D eigenvalue weighted by Gasteiger charge is -2.30. The third-order valence-corrected chi connectivity index (χ3v) is 3.66. The lowest BCUT2D eigenvalue weighted by atomic mass is 9.98. The van der Waals surface area contributed by atoms with Crippen LogP contribution in [0.5, 0.6) is 0 Å². The summed E-state index contributed by atoms with van der Waals surface area (Å²) in [5.41, 5.74) is 1.72. The van der Waals surface area contributed by atoms with Gasteiger partial charge in [-0.05, 0) is 30.2 Å². The largest absolute Gasteiger partial charge is 0.478 e. The molecule has 1 saturated heterocycles. The Kier molecular flexibility index (Phi) is 3.25. The van der Waals surface area contributed by atoms with E-state index >= 15 is 0 Å². The van der Waals surface area contributed by atoms with Crippen molar-refractivity contribution in [1.82, 2.24) is 5.32 Å². The molecule has 3 rings (SSSR count). The Balaban J connectivity index is 1.86. The monoisotopic (exact) mass is 290 g/mol. The number of cyclic esters (lactones) is 1. The molecule has 0 aromatic heterocycles. The summed E-state index contributed by atoms with van der Waals surface area (Å²) in [5, 5.41) is 11.6. The van der Waals surface area contributed by atoms with Gasteiger partial charge in [-0.3, -0.25) is 4.79 Å². The molecule has 7 nitrogen and oxygen atoms in total. The zero-order valence-electron chi connectivity index (χ0n) is 11.2. The molecule has 0 spiro atoms.